The molecule has 0 unspecified atom stereocenters. The number of aryl methyl sites for hydroxylation is 1. The lowest BCUT2D eigenvalue weighted by Gasteiger charge is -2.40. The highest BCUT2D eigenvalue weighted by Crippen LogP contribution is 2.47. The predicted molar refractivity (Wildman–Crippen MR) is 147 cm³/mol. The maximum absolute atomic E-state index is 14.5. The molecule has 0 saturated carbocycles. The molecule has 206 valence electrons. The Balaban J connectivity index is 1.14. The van der Waals surface area contributed by atoms with Crippen molar-refractivity contribution in [2.75, 3.05) is 24.5 Å². The second kappa shape index (κ2) is 9.33. The number of piperidine rings is 1. The van der Waals surface area contributed by atoms with Crippen LogP contribution in [0.2, 0.25) is 0 Å². The fraction of sp³-hybridized carbons (Fsp3) is 0.233. The molecule has 0 radical (unpaired) electrons. The molecule has 1 spiro atoms. The van der Waals surface area contributed by atoms with Gasteiger partial charge in [-0.05, 0) is 79.4 Å². The average Bonchev–Trinajstić information content (AvgIpc) is 3.72. The number of benzene rings is 3. The number of nitrogens with zero attached hydrogens (tertiary/aromatic N) is 6. The minimum atomic E-state index is -0.514. The molecule has 1 N–H and O–H groups in total. The number of amides is 2. The molecule has 1 fully saturated rings. The summed E-state index contributed by atoms with van der Waals surface area (Å²) in [4.78, 5) is 34.7. The van der Waals surface area contributed by atoms with Crippen LogP contribution in [0.1, 0.15) is 44.9 Å². The van der Waals surface area contributed by atoms with E-state index in [0.717, 1.165) is 22.0 Å². The summed E-state index contributed by atoms with van der Waals surface area (Å²) >= 11 is 0. The number of nitrogens with one attached hydrogen (secondary N) is 1. The fourth-order valence-corrected chi connectivity index (χ4v) is 6.15. The van der Waals surface area contributed by atoms with Crippen molar-refractivity contribution in [2.24, 2.45) is 0 Å². The minimum Gasteiger partial charge on any atom is -0.339 e. The van der Waals surface area contributed by atoms with Crippen molar-refractivity contribution < 1.29 is 18.4 Å². The largest absolute Gasteiger partial charge is 0.339 e. The number of carbonyl (C=O) groups is 2. The molecule has 9 nitrogen and oxygen atoms in total. The number of halogens is 2. The zero-order valence-electron chi connectivity index (χ0n) is 22.1. The first kappa shape index (κ1) is 25.1. The van der Waals surface area contributed by atoms with E-state index < -0.39 is 17.1 Å². The number of anilines is 1. The number of H-pyrrole nitrogens is 1. The van der Waals surface area contributed by atoms with Crippen LogP contribution < -0.4 is 4.90 Å². The molecule has 2 amide bonds. The highest BCUT2D eigenvalue weighted by molar-refractivity contribution is 6.05. The normalized spacial score (nSPS) is 16.0. The quantitative estimate of drug-likeness (QED) is 0.353. The number of hydrogen-bond donors (Lipinski definition) is 1. The summed E-state index contributed by atoms with van der Waals surface area (Å²) in [6, 6.07) is 14.0. The molecule has 4 heterocycles. The van der Waals surface area contributed by atoms with Crippen molar-refractivity contribution in [1.29, 1.82) is 0 Å². The van der Waals surface area contributed by atoms with Crippen LogP contribution in [0, 0.1) is 18.6 Å². The van der Waals surface area contributed by atoms with Gasteiger partial charge in [0.2, 0.25) is 5.82 Å². The van der Waals surface area contributed by atoms with Crippen molar-refractivity contribution in [2.45, 2.75) is 25.2 Å². The Labute approximate surface area is 233 Å². The zero-order valence-corrected chi connectivity index (χ0v) is 22.1. The number of hydrogen-bond acceptors (Lipinski definition) is 5. The molecule has 5 aromatic rings. The lowest BCUT2D eigenvalue weighted by molar-refractivity contribution is 0.0670. The molecule has 0 bridgehead atoms. The van der Waals surface area contributed by atoms with Gasteiger partial charge >= 0.3 is 0 Å². The number of rotatable bonds is 3. The molecule has 2 aromatic heterocycles. The van der Waals surface area contributed by atoms with E-state index in [-0.39, 0.29) is 17.5 Å². The van der Waals surface area contributed by atoms with Gasteiger partial charge in [-0.1, -0.05) is 6.07 Å². The van der Waals surface area contributed by atoms with Crippen molar-refractivity contribution in [3.05, 3.63) is 101 Å². The van der Waals surface area contributed by atoms with E-state index in [1.54, 1.807) is 29.3 Å². The van der Waals surface area contributed by atoms with Crippen molar-refractivity contribution >= 4 is 28.4 Å². The van der Waals surface area contributed by atoms with Gasteiger partial charge in [-0.3, -0.25) is 14.7 Å². The molecule has 41 heavy (non-hydrogen) atoms. The molecular formula is C30H25F2N7O2. The first-order chi connectivity index (χ1) is 19.8. The van der Waals surface area contributed by atoms with Gasteiger partial charge in [0.05, 0.1) is 17.4 Å². The molecule has 2 aliphatic heterocycles. The molecule has 7 rings (SSSR count). The lowest BCUT2D eigenvalue weighted by atomic mass is 9.74. The average molecular weight is 554 g/mol. The van der Waals surface area contributed by atoms with Gasteiger partial charge in [0, 0.05) is 41.7 Å². The third-order valence-corrected chi connectivity index (χ3v) is 8.28. The van der Waals surface area contributed by atoms with Crippen LogP contribution in [0.25, 0.3) is 16.6 Å². The van der Waals surface area contributed by atoms with Gasteiger partial charge in [0.1, 0.15) is 18.0 Å². The van der Waals surface area contributed by atoms with Gasteiger partial charge in [-0.2, -0.15) is 5.10 Å². The molecule has 0 atom stereocenters. The first-order valence-corrected chi connectivity index (χ1v) is 13.3. The third-order valence-electron chi connectivity index (χ3n) is 8.28. The monoisotopic (exact) mass is 553 g/mol. The van der Waals surface area contributed by atoms with Gasteiger partial charge in [-0.25, -0.2) is 18.4 Å². The maximum Gasteiger partial charge on any atom is 0.297 e. The number of aromatic amines is 1. The summed E-state index contributed by atoms with van der Waals surface area (Å²) in [5, 5.41) is 12.2. The number of fused-ring (bicyclic) bond motifs is 3. The topological polar surface area (TPSA) is 100 Å². The van der Waals surface area contributed by atoms with E-state index in [2.05, 4.69) is 20.3 Å². The molecule has 11 heteroatoms. The summed E-state index contributed by atoms with van der Waals surface area (Å²) in [5.74, 6) is -1.34. The minimum absolute atomic E-state index is 0.0424. The van der Waals surface area contributed by atoms with Crippen LogP contribution in [0.3, 0.4) is 0 Å². The van der Waals surface area contributed by atoms with E-state index in [0.29, 0.717) is 49.4 Å². The molecule has 1 saturated heterocycles. The van der Waals surface area contributed by atoms with Gasteiger partial charge in [0.25, 0.3) is 11.8 Å². The van der Waals surface area contributed by atoms with E-state index in [1.807, 2.05) is 24.0 Å². The number of carbonyl (C=O) groups excluding carboxylic acids is 2. The molecule has 2 aliphatic rings. The van der Waals surface area contributed by atoms with Gasteiger partial charge < -0.3 is 9.80 Å². The van der Waals surface area contributed by atoms with Crippen LogP contribution in [-0.4, -0.2) is 61.3 Å². The second-order valence-corrected chi connectivity index (χ2v) is 10.7. The molecule has 0 aliphatic carbocycles. The smallest absolute Gasteiger partial charge is 0.297 e. The van der Waals surface area contributed by atoms with E-state index >= 15 is 0 Å². The zero-order chi connectivity index (χ0) is 28.3. The third kappa shape index (κ3) is 4.16. The Kier molecular flexibility index (Phi) is 5.70. The Hall–Kier alpha value is -4.93. The van der Waals surface area contributed by atoms with E-state index in [1.165, 1.54) is 35.3 Å². The Bertz CT molecular complexity index is 1840. The van der Waals surface area contributed by atoms with E-state index in [4.69, 9.17) is 0 Å². The van der Waals surface area contributed by atoms with Crippen molar-refractivity contribution in [3.63, 3.8) is 0 Å². The van der Waals surface area contributed by atoms with E-state index in [9.17, 15) is 18.4 Å². The Morgan fingerprint density at radius 1 is 0.976 bits per heavy atom. The molecule has 3 aromatic carbocycles. The highest BCUT2D eigenvalue weighted by Gasteiger charge is 2.47. The van der Waals surface area contributed by atoms with Crippen LogP contribution in [0.5, 0.6) is 0 Å². The second-order valence-electron chi connectivity index (χ2n) is 10.7. The van der Waals surface area contributed by atoms with Crippen LogP contribution >= 0.6 is 0 Å². The summed E-state index contributed by atoms with van der Waals surface area (Å²) in [6.07, 6.45) is 4.20. The first-order valence-electron chi connectivity index (χ1n) is 13.3. The maximum atomic E-state index is 14.5. The Morgan fingerprint density at radius 3 is 2.59 bits per heavy atom. The van der Waals surface area contributed by atoms with Gasteiger partial charge in [-0.15, -0.1) is 5.10 Å². The fourth-order valence-electron chi connectivity index (χ4n) is 6.15. The summed E-state index contributed by atoms with van der Waals surface area (Å²) in [5.41, 5.74) is 3.73. The standard InChI is InChI=1S/C30H25F2N7O2/c1-18-11-19(12-20-15-34-35-26(18)20)28(40)37-9-7-30(8-10-37)16-38(25-6-5-22(32)14-24(25)30)29(41)27-33-17-39(36-27)23-4-2-3-21(31)13-23/h2-6,11-15,17H,7-10,16H2,1H3,(H,34,35). The van der Waals surface area contributed by atoms with Gasteiger partial charge in [0.15, 0.2) is 0 Å². The van der Waals surface area contributed by atoms with Crippen LogP contribution in [0.4, 0.5) is 14.5 Å². The SMILES string of the molecule is Cc1cc(C(=O)N2CCC3(CC2)CN(C(=O)c2ncn(-c4cccc(F)c4)n2)c2ccc(F)cc23)cc2cn[nH]c12. The summed E-state index contributed by atoms with van der Waals surface area (Å²) < 4.78 is 29.6. The van der Waals surface area contributed by atoms with Crippen molar-refractivity contribution in [1.82, 2.24) is 29.9 Å². The number of likely N-dealkylation sites (tertiary alicyclic amines) is 1. The summed E-state index contributed by atoms with van der Waals surface area (Å²) in [6.45, 7) is 3.19. The van der Waals surface area contributed by atoms with Crippen molar-refractivity contribution in [3.8, 4) is 5.69 Å². The van der Waals surface area contributed by atoms with Crippen LogP contribution in [-0.2, 0) is 5.41 Å². The summed E-state index contributed by atoms with van der Waals surface area (Å²) in [7, 11) is 0. The van der Waals surface area contributed by atoms with Crippen LogP contribution in [0.15, 0.2) is 67.1 Å². The lowest BCUT2D eigenvalue weighted by Crippen LogP contribution is -2.48. The predicted octanol–water partition coefficient (Wildman–Crippen LogP) is 4.56. The molecular weight excluding hydrogens is 528 g/mol. The highest BCUT2D eigenvalue weighted by atomic mass is 19.1. The Morgan fingerprint density at radius 2 is 1.78 bits per heavy atom. The number of aromatic nitrogens is 5.